The summed E-state index contributed by atoms with van der Waals surface area (Å²) in [5.41, 5.74) is 3.03. The highest BCUT2D eigenvalue weighted by Gasteiger charge is 2.52. The van der Waals surface area contributed by atoms with Crippen LogP contribution in [-0.2, 0) is 11.2 Å². The molecule has 1 aromatic heterocycles. The van der Waals surface area contributed by atoms with Gasteiger partial charge in [0.1, 0.15) is 17.1 Å². The Kier molecular flexibility index (Phi) is 5.40. The number of benzene rings is 2. The molecule has 1 aliphatic carbocycles. The van der Waals surface area contributed by atoms with Crippen molar-refractivity contribution in [3.8, 4) is 11.4 Å². The molecular weight excluding hydrogens is 416 g/mol. The maximum atomic E-state index is 13.3. The zero-order valence-electron chi connectivity index (χ0n) is 18.9. The zero-order valence-corrected chi connectivity index (χ0v) is 18.9. The number of rotatable bonds is 6. The highest BCUT2D eigenvalue weighted by molar-refractivity contribution is 6.00. The van der Waals surface area contributed by atoms with E-state index in [9.17, 15) is 9.59 Å². The quantitative estimate of drug-likeness (QED) is 0.608. The Morgan fingerprint density at radius 1 is 1.15 bits per heavy atom. The van der Waals surface area contributed by atoms with Gasteiger partial charge in [0.25, 0.3) is 5.91 Å². The highest BCUT2D eigenvalue weighted by Crippen LogP contribution is 2.38. The van der Waals surface area contributed by atoms with Gasteiger partial charge < -0.3 is 15.4 Å². The largest absolute Gasteiger partial charge is 0.494 e. The number of aromatic nitrogens is 2. The standard InChI is InChI=1S/C26H28N4O3/c1-3-33-20-11-8-19(9-12-20)24(31)29-26(14-15-26)25(32)28-21-13-10-18-6-4-5-7-22(18)30-17(2)16-27-23(21)30/h4-9,11-12,16,21H,3,10,13-15H2,1-2H3,(H,28,32)(H,29,31)/t21-/m1/s1. The number of imidazole rings is 1. The first-order chi connectivity index (χ1) is 16.0. The lowest BCUT2D eigenvalue weighted by molar-refractivity contribution is -0.124. The third-order valence-electron chi connectivity index (χ3n) is 6.48. The number of carbonyl (C=O) groups excluding carboxylic acids is 2. The molecule has 5 rings (SSSR count). The summed E-state index contributed by atoms with van der Waals surface area (Å²) >= 11 is 0. The summed E-state index contributed by atoms with van der Waals surface area (Å²) in [7, 11) is 0. The molecule has 0 radical (unpaired) electrons. The van der Waals surface area contributed by atoms with E-state index in [1.807, 2.05) is 32.2 Å². The van der Waals surface area contributed by atoms with Crippen molar-refractivity contribution in [2.24, 2.45) is 0 Å². The molecule has 7 nitrogen and oxygen atoms in total. The van der Waals surface area contributed by atoms with E-state index in [0.29, 0.717) is 30.8 Å². The lowest BCUT2D eigenvalue weighted by Crippen LogP contribution is -2.50. The minimum Gasteiger partial charge on any atom is -0.494 e. The van der Waals surface area contributed by atoms with Crippen molar-refractivity contribution in [3.63, 3.8) is 0 Å². The molecule has 2 amide bonds. The van der Waals surface area contributed by atoms with Gasteiger partial charge in [-0.3, -0.25) is 14.2 Å². The van der Waals surface area contributed by atoms with Crippen molar-refractivity contribution in [1.82, 2.24) is 20.2 Å². The van der Waals surface area contributed by atoms with E-state index < -0.39 is 5.54 Å². The van der Waals surface area contributed by atoms with E-state index in [1.54, 1.807) is 24.3 Å². The topological polar surface area (TPSA) is 85.2 Å². The maximum absolute atomic E-state index is 13.3. The number of hydrogen-bond acceptors (Lipinski definition) is 4. The Hall–Kier alpha value is -3.61. The predicted molar refractivity (Wildman–Crippen MR) is 125 cm³/mol. The number of amides is 2. The van der Waals surface area contributed by atoms with Crippen LogP contribution in [0.3, 0.4) is 0 Å². The Morgan fingerprint density at radius 3 is 2.64 bits per heavy atom. The molecule has 1 atom stereocenters. The zero-order chi connectivity index (χ0) is 23.0. The summed E-state index contributed by atoms with van der Waals surface area (Å²) in [4.78, 5) is 30.8. The highest BCUT2D eigenvalue weighted by atomic mass is 16.5. The summed E-state index contributed by atoms with van der Waals surface area (Å²) in [6, 6.07) is 15.0. The molecule has 7 heteroatoms. The number of para-hydroxylation sites is 1. The number of hydrogen-bond donors (Lipinski definition) is 2. The minimum absolute atomic E-state index is 0.148. The van der Waals surface area contributed by atoms with Crippen LogP contribution in [0.15, 0.2) is 54.7 Å². The molecule has 1 saturated carbocycles. The van der Waals surface area contributed by atoms with Crippen LogP contribution in [0.5, 0.6) is 5.75 Å². The lowest BCUT2D eigenvalue weighted by Gasteiger charge is -2.22. The second kappa shape index (κ2) is 8.39. The molecule has 170 valence electrons. The fourth-order valence-electron chi connectivity index (χ4n) is 4.51. The SMILES string of the molecule is CCOc1ccc(C(=O)NC2(C(=O)N[C@@H]3CCc4ccccc4-n4c(C)cnc43)CC2)cc1. The summed E-state index contributed by atoms with van der Waals surface area (Å²) in [6.07, 6.45) is 4.69. The van der Waals surface area contributed by atoms with Crippen molar-refractivity contribution in [1.29, 1.82) is 0 Å². The van der Waals surface area contributed by atoms with Crippen LogP contribution in [0, 0.1) is 6.92 Å². The van der Waals surface area contributed by atoms with Crippen molar-refractivity contribution in [2.45, 2.75) is 51.1 Å². The second-order valence-electron chi connectivity index (χ2n) is 8.78. The van der Waals surface area contributed by atoms with E-state index in [0.717, 1.165) is 30.0 Å². The van der Waals surface area contributed by atoms with Crippen molar-refractivity contribution in [3.05, 3.63) is 77.4 Å². The van der Waals surface area contributed by atoms with Crippen LogP contribution in [0.2, 0.25) is 0 Å². The van der Waals surface area contributed by atoms with Gasteiger partial charge in [0.2, 0.25) is 5.91 Å². The summed E-state index contributed by atoms with van der Waals surface area (Å²) < 4.78 is 7.57. The molecular formula is C26H28N4O3. The molecule has 0 spiro atoms. The van der Waals surface area contributed by atoms with Gasteiger partial charge in [0.15, 0.2) is 0 Å². The van der Waals surface area contributed by atoms with Crippen LogP contribution in [0.25, 0.3) is 5.69 Å². The van der Waals surface area contributed by atoms with Gasteiger partial charge in [0.05, 0.1) is 18.3 Å². The number of ether oxygens (including phenoxy) is 1. The molecule has 3 aromatic rings. The van der Waals surface area contributed by atoms with Gasteiger partial charge in [-0.2, -0.15) is 0 Å². The summed E-state index contributed by atoms with van der Waals surface area (Å²) in [6.45, 7) is 4.51. The minimum atomic E-state index is -0.860. The maximum Gasteiger partial charge on any atom is 0.252 e. The fraction of sp³-hybridized carbons (Fsp3) is 0.346. The molecule has 2 aromatic carbocycles. The Morgan fingerprint density at radius 2 is 1.91 bits per heavy atom. The average molecular weight is 445 g/mol. The fourth-order valence-corrected chi connectivity index (χ4v) is 4.51. The number of fused-ring (bicyclic) bond motifs is 3. The van der Waals surface area contributed by atoms with Crippen LogP contribution >= 0.6 is 0 Å². The first-order valence-corrected chi connectivity index (χ1v) is 11.5. The molecule has 0 bridgehead atoms. The monoisotopic (exact) mass is 444 g/mol. The Bertz CT molecular complexity index is 1190. The first kappa shape index (κ1) is 21.2. The lowest BCUT2D eigenvalue weighted by atomic mass is 10.0. The first-order valence-electron chi connectivity index (χ1n) is 11.5. The normalized spacial score (nSPS) is 17.8. The van der Waals surface area contributed by atoms with Gasteiger partial charge >= 0.3 is 0 Å². The number of aryl methyl sites for hydroxylation is 2. The molecule has 1 aliphatic heterocycles. The second-order valence-corrected chi connectivity index (χ2v) is 8.78. The van der Waals surface area contributed by atoms with Gasteiger partial charge in [-0.25, -0.2) is 4.98 Å². The van der Waals surface area contributed by atoms with Gasteiger partial charge in [-0.1, -0.05) is 18.2 Å². The Balaban J connectivity index is 1.32. The average Bonchev–Trinajstić information content (AvgIpc) is 3.54. The Labute approximate surface area is 193 Å². The molecule has 1 fully saturated rings. The van der Waals surface area contributed by atoms with Crippen LogP contribution in [0.4, 0.5) is 0 Å². The van der Waals surface area contributed by atoms with E-state index >= 15 is 0 Å². The predicted octanol–water partition coefficient (Wildman–Crippen LogP) is 3.65. The summed E-state index contributed by atoms with van der Waals surface area (Å²) in [5, 5.41) is 6.16. The smallest absolute Gasteiger partial charge is 0.252 e. The van der Waals surface area contributed by atoms with Crippen LogP contribution in [0.1, 0.15) is 59.7 Å². The molecule has 2 N–H and O–H groups in total. The molecule has 2 aliphatic rings. The number of carbonyl (C=O) groups is 2. The van der Waals surface area contributed by atoms with Crippen molar-refractivity contribution in [2.75, 3.05) is 6.61 Å². The van der Waals surface area contributed by atoms with Crippen molar-refractivity contribution < 1.29 is 14.3 Å². The van der Waals surface area contributed by atoms with Gasteiger partial charge in [-0.15, -0.1) is 0 Å². The van der Waals surface area contributed by atoms with Crippen molar-refractivity contribution >= 4 is 11.8 Å². The van der Waals surface area contributed by atoms with Crippen LogP contribution in [-0.4, -0.2) is 33.5 Å². The third kappa shape index (κ3) is 3.99. The van der Waals surface area contributed by atoms with E-state index in [1.165, 1.54) is 5.56 Å². The number of nitrogens with zero attached hydrogens (tertiary/aromatic N) is 2. The van der Waals surface area contributed by atoms with Gasteiger partial charge in [0, 0.05) is 17.5 Å². The van der Waals surface area contributed by atoms with E-state index in [4.69, 9.17) is 4.74 Å². The van der Waals surface area contributed by atoms with E-state index in [2.05, 4.69) is 32.3 Å². The number of nitrogens with one attached hydrogen (secondary N) is 2. The molecule has 0 unspecified atom stereocenters. The van der Waals surface area contributed by atoms with Gasteiger partial charge in [-0.05, 0) is 75.4 Å². The molecule has 33 heavy (non-hydrogen) atoms. The third-order valence-corrected chi connectivity index (χ3v) is 6.48. The molecule has 0 saturated heterocycles. The summed E-state index contributed by atoms with van der Waals surface area (Å²) in [5.74, 6) is 1.15. The van der Waals surface area contributed by atoms with E-state index in [-0.39, 0.29) is 17.9 Å². The molecule has 2 heterocycles. The van der Waals surface area contributed by atoms with Crippen LogP contribution < -0.4 is 15.4 Å².